The van der Waals surface area contributed by atoms with Crippen molar-refractivity contribution >= 4 is 0 Å². The van der Waals surface area contributed by atoms with Crippen LogP contribution in [0.25, 0.3) is 0 Å². The molecule has 0 saturated heterocycles. The third-order valence-corrected chi connectivity index (χ3v) is 6.60. The zero-order valence-corrected chi connectivity index (χ0v) is 20.9. The van der Waals surface area contributed by atoms with Gasteiger partial charge >= 0.3 is 0 Å². The molecule has 0 spiro atoms. The lowest BCUT2D eigenvalue weighted by Crippen LogP contribution is -1.98. The van der Waals surface area contributed by atoms with E-state index in [9.17, 15) is 0 Å². The molecule has 182 valence electrons. The van der Waals surface area contributed by atoms with Gasteiger partial charge in [0.25, 0.3) is 0 Å². The molecule has 2 aromatic carbocycles. The van der Waals surface area contributed by atoms with E-state index in [0.717, 1.165) is 24.3 Å². The molecule has 0 N–H and O–H groups in total. The minimum absolute atomic E-state index is 0.616. The zero-order chi connectivity index (χ0) is 23.3. The summed E-state index contributed by atoms with van der Waals surface area (Å²) in [6.45, 7) is 0. The van der Waals surface area contributed by atoms with Gasteiger partial charge in [0, 0.05) is 6.07 Å². The molecule has 0 atom stereocenters. The van der Waals surface area contributed by atoms with Gasteiger partial charge in [-0.2, -0.15) is 0 Å². The fraction of sp³-hybridized carbons (Fsp3) is 0.586. The molecule has 0 radical (unpaired) electrons. The largest absolute Gasteiger partial charge is 0.497 e. The Bertz CT molecular complexity index is 821. The van der Waals surface area contributed by atoms with Crippen molar-refractivity contribution in [3.05, 3.63) is 41.5 Å². The van der Waals surface area contributed by atoms with Crippen molar-refractivity contribution in [1.29, 1.82) is 0 Å². The predicted molar refractivity (Wildman–Crippen MR) is 135 cm³/mol. The second-order valence-corrected chi connectivity index (χ2v) is 9.19. The van der Waals surface area contributed by atoms with Gasteiger partial charge in [-0.3, -0.25) is 0 Å². The normalized spacial score (nSPS) is 16.7. The summed E-state index contributed by atoms with van der Waals surface area (Å²) in [5.41, 5.74) is 2.46. The van der Waals surface area contributed by atoms with Crippen molar-refractivity contribution < 1.29 is 18.9 Å². The molecule has 2 aliphatic rings. The second-order valence-electron chi connectivity index (χ2n) is 9.19. The van der Waals surface area contributed by atoms with Crippen LogP contribution in [0.1, 0.15) is 88.2 Å². The van der Waals surface area contributed by atoms with Crippen molar-refractivity contribution in [2.45, 2.75) is 89.9 Å². The topological polar surface area (TPSA) is 36.9 Å². The Morgan fingerprint density at radius 1 is 0.515 bits per heavy atom. The average molecular weight is 455 g/mol. The number of hydrogen-bond donors (Lipinski definition) is 0. The molecule has 0 aromatic heterocycles. The van der Waals surface area contributed by atoms with Gasteiger partial charge in [-0.1, -0.05) is 64.2 Å². The number of benzene rings is 2. The molecule has 0 amide bonds. The highest BCUT2D eigenvalue weighted by atomic mass is 16.5. The smallest absolute Gasteiger partial charge is 0.211 e. The molecule has 0 aliphatic carbocycles. The molecule has 4 bridgehead atoms. The van der Waals surface area contributed by atoms with Crippen LogP contribution in [0.3, 0.4) is 0 Å². The van der Waals surface area contributed by atoms with Crippen molar-refractivity contribution in [3.8, 4) is 28.7 Å². The summed E-state index contributed by atoms with van der Waals surface area (Å²) in [7, 11) is 5.08. The summed E-state index contributed by atoms with van der Waals surface area (Å²) in [5.74, 6) is 3.58. The quantitative estimate of drug-likeness (QED) is 0.467. The molecule has 0 fully saturated rings. The molecule has 4 nitrogen and oxygen atoms in total. The van der Waals surface area contributed by atoms with Gasteiger partial charge in [0.05, 0.1) is 21.3 Å². The first-order valence-electron chi connectivity index (χ1n) is 12.8. The van der Waals surface area contributed by atoms with Gasteiger partial charge in [-0.15, -0.1) is 0 Å². The van der Waals surface area contributed by atoms with Gasteiger partial charge in [-0.25, -0.2) is 0 Å². The standard InChI is InChI=1S/C29H42O4/c1-30-25-18-23-16-14-12-10-8-6-4-5-7-9-11-13-15-17-24-20-27(31-2)29(28(21-24)32-3)33-26(19-23)22-25/h18-22H,4-17H2,1-3H3. The molecule has 4 rings (SSSR count). The third kappa shape index (κ3) is 8.17. The summed E-state index contributed by atoms with van der Waals surface area (Å²) < 4.78 is 23.3. The summed E-state index contributed by atoms with van der Waals surface area (Å²) in [5, 5.41) is 0. The lowest BCUT2D eigenvalue weighted by atomic mass is 10.0. The first kappa shape index (κ1) is 25.3. The molecule has 2 aromatic rings. The number of aryl methyl sites for hydroxylation is 2. The van der Waals surface area contributed by atoms with E-state index in [0.29, 0.717) is 17.2 Å². The van der Waals surface area contributed by atoms with Gasteiger partial charge in [0.1, 0.15) is 11.5 Å². The van der Waals surface area contributed by atoms with E-state index in [4.69, 9.17) is 18.9 Å². The van der Waals surface area contributed by atoms with E-state index in [2.05, 4.69) is 24.3 Å². The van der Waals surface area contributed by atoms with Crippen molar-refractivity contribution in [2.75, 3.05) is 21.3 Å². The van der Waals surface area contributed by atoms with Gasteiger partial charge in [-0.05, 0) is 61.1 Å². The lowest BCUT2D eigenvalue weighted by Gasteiger charge is -2.17. The van der Waals surface area contributed by atoms with Crippen molar-refractivity contribution in [3.63, 3.8) is 0 Å². The van der Waals surface area contributed by atoms with E-state index < -0.39 is 0 Å². The first-order chi connectivity index (χ1) is 16.2. The fourth-order valence-corrected chi connectivity index (χ4v) is 4.67. The van der Waals surface area contributed by atoms with E-state index in [1.165, 1.54) is 88.2 Å². The Labute approximate surface area is 200 Å². The summed E-state index contributed by atoms with van der Waals surface area (Å²) in [6, 6.07) is 10.3. The van der Waals surface area contributed by atoms with Crippen LogP contribution in [-0.4, -0.2) is 21.3 Å². The number of hydrogen-bond acceptors (Lipinski definition) is 4. The Hall–Kier alpha value is -2.36. The van der Waals surface area contributed by atoms with Gasteiger partial charge in [0.15, 0.2) is 11.5 Å². The van der Waals surface area contributed by atoms with Crippen LogP contribution in [-0.2, 0) is 12.8 Å². The number of fused-ring (bicyclic) bond motifs is 15. The van der Waals surface area contributed by atoms with Crippen LogP contribution >= 0.6 is 0 Å². The monoisotopic (exact) mass is 454 g/mol. The van der Waals surface area contributed by atoms with E-state index in [1.807, 2.05) is 6.07 Å². The number of rotatable bonds is 3. The Kier molecular flexibility index (Phi) is 10.7. The number of ether oxygens (including phenoxy) is 4. The van der Waals surface area contributed by atoms with Crippen LogP contribution in [0.15, 0.2) is 30.3 Å². The Morgan fingerprint density at radius 3 is 1.42 bits per heavy atom. The Morgan fingerprint density at radius 2 is 0.970 bits per heavy atom. The molecule has 2 heterocycles. The van der Waals surface area contributed by atoms with Gasteiger partial charge < -0.3 is 18.9 Å². The van der Waals surface area contributed by atoms with Crippen molar-refractivity contribution in [1.82, 2.24) is 0 Å². The predicted octanol–water partition coefficient (Wildman–Crippen LogP) is 8.28. The van der Waals surface area contributed by atoms with Crippen molar-refractivity contribution in [2.24, 2.45) is 0 Å². The maximum Gasteiger partial charge on any atom is 0.211 e. The zero-order valence-electron chi connectivity index (χ0n) is 20.9. The molecule has 4 heteroatoms. The third-order valence-electron chi connectivity index (χ3n) is 6.60. The average Bonchev–Trinajstić information content (AvgIpc) is 2.83. The molecule has 0 unspecified atom stereocenters. The molecular formula is C29H42O4. The second kappa shape index (κ2) is 14.0. The highest BCUT2D eigenvalue weighted by molar-refractivity contribution is 5.56. The number of methoxy groups -OCH3 is 3. The van der Waals surface area contributed by atoms with Crippen LogP contribution in [0.2, 0.25) is 0 Å². The minimum atomic E-state index is 0.616. The highest BCUT2D eigenvalue weighted by Crippen LogP contribution is 2.42. The minimum Gasteiger partial charge on any atom is -0.497 e. The SMILES string of the molecule is COc1cc2cc(c1)Oc1c(OC)cc(cc1OC)CCCCCCCCCCCCCC2. The van der Waals surface area contributed by atoms with Crippen LogP contribution < -0.4 is 18.9 Å². The van der Waals surface area contributed by atoms with Crippen LogP contribution in [0, 0.1) is 0 Å². The molecular weight excluding hydrogens is 412 g/mol. The summed E-state index contributed by atoms with van der Waals surface area (Å²) in [4.78, 5) is 0. The maximum absolute atomic E-state index is 6.34. The van der Waals surface area contributed by atoms with E-state index in [-0.39, 0.29) is 0 Å². The highest BCUT2D eigenvalue weighted by Gasteiger charge is 2.16. The Balaban J connectivity index is 1.83. The van der Waals surface area contributed by atoms with E-state index >= 15 is 0 Å². The fourth-order valence-electron chi connectivity index (χ4n) is 4.67. The van der Waals surface area contributed by atoms with E-state index in [1.54, 1.807) is 21.3 Å². The van der Waals surface area contributed by atoms with Gasteiger partial charge in [0.2, 0.25) is 5.75 Å². The van der Waals surface area contributed by atoms with Crippen LogP contribution in [0.4, 0.5) is 0 Å². The first-order valence-corrected chi connectivity index (χ1v) is 12.8. The van der Waals surface area contributed by atoms with Crippen LogP contribution in [0.5, 0.6) is 28.7 Å². The maximum atomic E-state index is 6.34. The lowest BCUT2D eigenvalue weighted by molar-refractivity contribution is 0.344. The molecule has 2 aliphatic heterocycles. The summed E-state index contributed by atoms with van der Waals surface area (Å²) >= 11 is 0. The molecule has 33 heavy (non-hydrogen) atoms. The molecule has 0 saturated carbocycles. The summed E-state index contributed by atoms with van der Waals surface area (Å²) in [6.07, 6.45) is 17.9.